The van der Waals surface area contributed by atoms with Crippen molar-refractivity contribution in [2.75, 3.05) is 19.6 Å². The lowest BCUT2D eigenvalue weighted by molar-refractivity contribution is -0.117. The minimum atomic E-state index is -0.0243. The molecule has 0 radical (unpaired) electrons. The summed E-state index contributed by atoms with van der Waals surface area (Å²) in [5.41, 5.74) is 2.28. The first-order chi connectivity index (χ1) is 10.9. The summed E-state index contributed by atoms with van der Waals surface area (Å²) in [6, 6.07) is 8.16. The summed E-state index contributed by atoms with van der Waals surface area (Å²) in [6.45, 7) is 11.7. The van der Waals surface area contributed by atoms with Gasteiger partial charge in [0, 0.05) is 24.7 Å². The van der Waals surface area contributed by atoms with Crippen molar-refractivity contribution in [1.82, 2.24) is 10.2 Å². The highest BCUT2D eigenvalue weighted by atomic mass is 16.1. The number of aryl methyl sites for hydroxylation is 1. The van der Waals surface area contributed by atoms with Gasteiger partial charge in [-0.3, -0.25) is 9.69 Å². The van der Waals surface area contributed by atoms with Crippen molar-refractivity contribution in [2.45, 2.75) is 46.1 Å². The maximum atomic E-state index is 12.1. The SMILES string of the molecule is Cc1ccc(C=CC(=O)NCC(C)(C)N2CCCC(C)C2)cc1. The third-order valence-electron chi connectivity index (χ3n) is 4.71. The molecule has 1 atom stereocenters. The first-order valence-electron chi connectivity index (χ1n) is 8.64. The van der Waals surface area contributed by atoms with E-state index in [1.165, 1.54) is 18.4 Å². The Morgan fingerprint density at radius 3 is 2.70 bits per heavy atom. The van der Waals surface area contributed by atoms with E-state index in [1.54, 1.807) is 6.08 Å². The van der Waals surface area contributed by atoms with E-state index in [9.17, 15) is 4.79 Å². The summed E-state index contributed by atoms with van der Waals surface area (Å²) in [5, 5.41) is 3.05. The molecule has 1 fully saturated rings. The van der Waals surface area contributed by atoms with Crippen LogP contribution in [-0.4, -0.2) is 36.0 Å². The number of hydrogen-bond acceptors (Lipinski definition) is 2. The molecule has 3 heteroatoms. The third-order valence-corrected chi connectivity index (χ3v) is 4.71. The van der Waals surface area contributed by atoms with Crippen LogP contribution in [0.5, 0.6) is 0 Å². The Labute approximate surface area is 140 Å². The number of nitrogens with zero attached hydrogens (tertiary/aromatic N) is 1. The van der Waals surface area contributed by atoms with Crippen LogP contribution in [0.15, 0.2) is 30.3 Å². The molecule has 1 aliphatic heterocycles. The van der Waals surface area contributed by atoms with E-state index < -0.39 is 0 Å². The molecular weight excluding hydrogens is 284 g/mol. The fourth-order valence-corrected chi connectivity index (χ4v) is 3.06. The number of likely N-dealkylation sites (tertiary alicyclic amines) is 1. The Morgan fingerprint density at radius 2 is 2.04 bits per heavy atom. The van der Waals surface area contributed by atoms with Gasteiger partial charge in [-0.15, -0.1) is 0 Å². The zero-order valence-electron chi connectivity index (χ0n) is 14.9. The molecule has 0 aromatic heterocycles. The summed E-state index contributed by atoms with van der Waals surface area (Å²) in [7, 11) is 0. The lowest BCUT2D eigenvalue weighted by atomic mass is 9.93. The molecule has 1 aromatic rings. The van der Waals surface area contributed by atoms with Crippen molar-refractivity contribution in [3.05, 3.63) is 41.5 Å². The molecule has 1 aliphatic rings. The predicted octanol–water partition coefficient (Wildman–Crippen LogP) is 3.63. The van der Waals surface area contributed by atoms with Crippen molar-refractivity contribution in [1.29, 1.82) is 0 Å². The van der Waals surface area contributed by atoms with Crippen LogP contribution in [0.2, 0.25) is 0 Å². The minimum absolute atomic E-state index is 0.00202. The molecule has 0 aliphatic carbocycles. The molecule has 1 unspecified atom stereocenters. The van der Waals surface area contributed by atoms with Crippen molar-refractivity contribution in [2.24, 2.45) is 5.92 Å². The number of hydrogen-bond donors (Lipinski definition) is 1. The highest BCUT2D eigenvalue weighted by molar-refractivity contribution is 5.91. The average molecular weight is 314 g/mol. The smallest absolute Gasteiger partial charge is 0.244 e. The Bertz CT molecular complexity index is 545. The Morgan fingerprint density at radius 1 is 1.35 bits per heavy atom. The minimum Gasteiger partial charge on any atom is -0.351 e. The second-order valence-electron chi connectivity index (χ2n) is 7.47. The Balaban J connectivity index is 1.84. The summed E-state index contributed by atoms with van der Waals surface area (Å²) < 4.78 is 0. The fraction of sp³-hybridized carbons (Fsp3) is 0.550. The van der Waals surface area contributed by atoms with E-state index in [2.05, 4.69) is 50.0 Å². The van der Waals surface area contributed by atoms with Crippen molar-refractivity contribution >= 4 is 12.0 Å². The highest BCUT2D eigenvalue weighted by Crippen LogP contribution is 2.23. The summed E-state index contributed by atoms with van der Waals surface area (Å²) in [5.74, 6) is 0.726. The van der Waals surface area contributed by atoms with Crippen LogP contribution in [0.4, 0.5) is 0 Å². The molecule has 0 bridgehead atoms. The number of piperidine rings is 1. The van der Waals surface area contributed by atoms with Crippen LogP contribution in [0.25, 0.3) is 6.08 Å². The molecule has 1 aromatic carbocycles. The monoisotopic (exact) mass is 314 g/mol. The Kier molecular flexibility index (Phi) is 6.00. The standard InChI is InChI=1S/C20H30N2O/c1-16-7-9-18(10-8-16)11-12-19(23)21-15-20(3,4)22-13-5-6-17(2)14-22/h7-12,17H,5-6,13-15H2,1-4H3,(H,21,23). The zero-order valence-corrected chi connectivity index (χ0v) is 14.9. The molecule has 0 spiro atoms. The van der Waals surface area contributed by atoms with Gasteiger partial charge in [0.15, 0.2) is 0 Å². The molecule has 23 heavy (non-hydrogen) atoms. The van der Waals surface area contributed by atoms with Gasteiger partial charge in [0.05, 0.1) is 0 Å². The van der Waals surface area contributed by atoms with E-state index in [0.717, 1.165) is 24.6 Å². The van der Waals surface area contributed by atoms with Gasteiger partial charge in [0.1, 0.15) is 0 Å². The van der Waals surface area contributed by atoms with Crippen LogP contribution >= 0.6 is 0 Å². The normalized spacial score (nSPS) is 19.9. The second-order valence-corrected chi connectivity index (χ2v) is 7.47. The highest BCUT2D eigenvalue weighted by Gasteiger charge is 2.30. The number of nitrogens with one attached hydrogen (secondary N) is 1. The van der Waals surface area contributed by atoms with Gasteiger partial charge in [0.2, 0.25) is 5.91 Å². The molecule has 126 valence electrons. The van der Waals surface area contributed by atoms with Gasteiger partial charge in [-0.2, -0.15) is 0 Å². The van der Waals surface area contributed by atoms with Gasteiger partial charge in [0.25, 0.3) is 0 Å². The van der Waals surface area contributed by atoms with Gasteiger partial charge in [-0.05, 0) is 57.7 Å². The molecule has 3 nitrogen and oxygen atoms in total. The lowest BCUT2D eigenvalue weighted by Crippen LogP contribution is -2.54. The van der Waals surface area contributed by atoms with Crippen molar-refractivity contribution in [3.63, 3.8) is 0 Å². The zero-order chi connectivity index (χ0) is 16.9. The quantitative estimate of drug-likeness (QED) is 0.842. The van der Waals surface area contributed by atoms with E-state index >= 15 is 0 Å². The molecular formula is C20H30N2O. The predicted molar refractivity (Wildman–Crippen MR) is 97.3 cm³/mol. The molecule has 1 N–H and O–H groups in total. The Hall–Kier alpha value is -1.61. The maximum absolute atomic E-state index is 12.1. The van der Waals surface area contributed by atoms with Crippen LogP contribution in [0.3, 0.4) is 0 Å². The molecule has 2 rings (SSSR count). The van der Waals surface area contributed by atoms with Gasteiger partial charge >= 0.3 is 0 Å². The van der Waals surface area contributed by atoms with E-state index in [1.807, 2.05) is 18.2 Å². The molecule has 1 amide bonds. The third kappa shape index (κ3) is 5.51. The molecule has 0 saturated carbocycles. The number of rotatable bonds is 5. The first-order valence-corrected chi connectivity index (χ1v) is 8.64. The van der Waals surface area contributed by atoms with Crippen molar-refractivity contribution < 1.29 is 4.79 Å². The van der Waals surface area contributed by atoms with Gasteiger partial charge in [-0.25, -0.2) is 0 Å². The van der Waals surface area contributed by atoms with E-state index in [0.29, 0.717) is 6.54 Å². The largest absolute Gasteiger partial charge is 0.351 e. The topological polar surface area (TPSA) is 32.3 Å². The van der Waals surface area contributed by atoms with Crippen LogP contribution in [0.1, 0.15) is 44.7 Å². The number of carbonyl (C=O) groups excluding carboxylic acids is 1. The maximum Gasteiger partial charge on any atom is 0.244 e. The summed E-state index contributed by atoms with van der Waals surface area (Å²) >= 11 is 0. The fourth-order valence-electron chi connectivity index (χ4n) is 3.06. The molecule has 1 saturated heterocycles. The van der Waals surface area contributed by atoms with Crippen LogP contribution in [0, 0.1) is 12.8 Å². The summed E-state index contributed by atoms with van der Waals surface area (Å²) in [4.78, 5) is 14.6. The molecule has 1 heterocycles. The van der Waals surface area contributed by atoms with Crippen LogP contribution < -0.4 is 5.32 Å². The van der Waals surface area contributed by atoms with Crippen molar-refractivity contribution in [3.8, 4) is 0 Å². The number of benzene rings is 1. The number of amides is 1. The average Bonchev–Trinajstić information content (AvgIpc) is 2.52. The lowest BCUT2D eigenvalue weighted by Gasteiger charge is -2.43. The second kappa shape index (κ2) is 7.78. The van der Waals surface area contributed by atoms with Crippen LogP contribution in [-0.2, 0) is 4.79 Å². The van der Waals surface area contributed by atoms with Gasteiger partial charge < -0.3 is 5.32 Å². The first kappa shape index (κ1) is 17.7. The summed E-state index contributed by atoms with van der Waals surface area (Å²) in [6.07, 6.45) is 6.06. The number of carbonyl (C=O) groups is 1. The van der Waals surface area contributed by atoms with E-state index in [4.69, 9.17) is 0 Å². The van der Waals surface area contributed by atoms with Gasteiger partial charge in [-0.1, -0.05) is 36.8 Å². The van der Waals surface area contributed by atoms with E-state index in [-0.39, 0.29) is 11.4 Å².